The zero-order valence-corrected chi connectivity index (χ0v) is 11.0. The lowest BCUT2D eigenvalue weighted by Crippen LogP contribution is -2.20. The Balaban J connectivity index is 2.69. The van der Waals surface area contributed by atoms with Gasteiger partial charge >= 0.3 is 0 Å². The molecule has 0 aliphatic heterocycles. The van der Waals surface area contributed by atoms with Gasteiger partial charge in [0.2, 0.25) is 0 Å². The van der Waals surface area contributed by atoms with Crippen LogP contribution in [0.2, 0.25) is 0 Å². The number of hydrogen-bond donors (Lipinski definition) is 2. The molecule has 0 saturated heterocycles. The van der Waals surface area contributed by atoms with E-state index in [-0.39, 0.29) is 22.6 Å². The van der Waals surface area contributed by atoms with Crippen LogP contribution in [0.25, 0.3) is 11.5 Å². The summed E-state index contributed by atoms with van der Waals surface area (Å²) in [6.45, 7) is 3.51. The standard InChI is InChI=1S/C9H12N6O3S/c1-5(2)15-8(6-3-4-7(16)12-11-6)13-14-9(15)19(10,17)18/h3-5H,1-2H3,(H,12,16)(H2,10,17,18). The third kappa shape index (κ3) is 2.53. The molecule has 0 aliphatic rings. The van der Waals surface area contributed by atoms with Crippen LogP contribution < -0.4 is 10.7 Å². The molecule has 9 nitrogen and oxygen atoms in total. The third-order valence-corrected chi connectivity index (χ3v) is 3.13. The monoisotopic (exact) mass is 284 g/mol. The summed E-state index contributed by atoms with van der Waals surface area (Å²) in [4.78, 5) is 11.0. The van der Waals surface area contributed by atoms with E-state index in [4.69, 9.17) is 5.14 Å². The summed E-state index contributed by atoms with van der Waals surface area (Å²) >= 11 is 0. The molecule has 0 aromatic carbocycles. The van der Waals surface area contributed by atoms with E-state index in [0.717, 1.165) is 0 Å². The molecule has 2 aromatic rings. The fourth-order valence-electron chi connectivity index (χ4n) is 1.58. The Morgan fingerprint density at radius 2 is 2.00 bits per heavy atom. The van der Waals surface area contributed by atoms with Crippen LogP contribution in [-0.2, 0) is 10.0 Å². The minimum absolute atomic E-state index is 0.218. The van der Waals surface area contributed by atoms with E-state index >= 15 is 0 Å². The van der Waals surface area contributed by atoms with Gasteiger partial charge in [-0.05, 0) is 19.9 Å². The Morgan fingerprint density at radius 3 is 2.47 bits per heavy atom. The van der Waals surface area contributed by atoms with Crippen molar-refractivity contribution in [2.24, 2.45) is 5.14 Å². The molecule has 3 N–H and O–H groups in total. The molecule has 2 heterocycles. The fraction of sp³-hybridized carbons (Fsp3) is 0.333. The summed E-state index contributed by atoms with van der Waals surface area (Å²) in [6.07, 6.45) is 0. The summed E-state index contributed by atoms with van der Waals surface area (Å²) in [5.74, 6) is 0.218. The lowest BCUT2D eigenvalue weighted by molar-refractivity contribution is 0.524. The van der Waals surface area contributed by atoms with Crippen molar-refractivity contribution >= 4 is 10.0 Å². The highest BCUT2D eigenvalue weighted by molar-refractivity contribution is 7.89. The molecule has 0 fully saturated rings. The van der Waals surface area contributed by atoms with Gasteiger partial charge in [0.15, 0.2) is 5.82 Å². The Bertz CT molecular complexity index is 740. The quantitative estimate of drug-likeness (QED) is 0.761. The Labute approximate surface area is 108 Å². The van der Waals surface area contributed by atoms with Crippen LogP contribution in [0.5, 0.6) is 0 Å². The molecule has 0 spiro atoms. The number of aromatic amines is 1. The average molecular weight is 284 g/mol. The number of primary sulfonamides is 1. The van der Waals surface area contributed by atoms with Gasteiger partial charge in [-0.3, -0.25) is 9.36 Å². The van der Waals surface area contributed by atoms with Gasteiger partial charge in [-0.25, -0.2) is 18.7 Å². The normalized spacial score (nSPS) is 12.0. The van der Waals surface area contributed by atoms with Gasteiger partial charge in [-0.15, -0.1) is 10.2 Å². The summed E-state index contributed by atoms with van der Waals surface area (Å²) in [7, 11) is -3.98. The first-order chi connectivity index (χ1) is 8.80. The van der Waals surface area contributed by atoms with Gasteiger partial charge in [0.1, 0.15) is 5.69 Å². The second kappa shape index (κ2) is 4.55. The minimum Gasteiger partial charge on any atom is -0.293 e. The van der Waals surface area contributed by atoms with Crippen molar-refractivity contribution in [1.29, 1.82) is 0 Å². The van der Waals surface area contributed by atoms with Crippen LogP contribution >= 0.6 is 0 Å². The maximum atomic E-state index is 11.4. The van der Waals surface area contributed by atoms with Crippen LogP contribution in [0.15, 0.2) is 22.1 Å². The first kappa shape index (κ1) is 13.4. The van der Waals surface area contributed by atoms with Crippen molar-refractivity contribution in [3.63, 3.8) is 0 Å². The number of sulfonamides is 1. The summed E-state index contributed by atoms with van der Waals surface area (Å²) < 4.78 is 24.2. The summed E-state index contributed by atoms with van der Waals surface area (Å²) in [6, 6.07) is 2.44. The molecular weight excluding hydrogens is 272 g/mol. The molecule has 0 radical (unpaired) electrons. The van der Waals surface area contributed by atoms with Crippen LogP contribution in [0, 0.1) is 0 Å². The number of nitrogens with zero attached hydrogens (tertiary/aromatic N) is 4. The van der Waals surface area contributed by atoms with Crippen LogP contribution in [0.1, 0.15) is 19.9 Å². The van der Waals surface area contributed by atoms with Crippen LogP contribution in [0.3, 0.4) is 0 Å². The molecule has 102 valence electrons. The van der Waals surface area contributed by atoms with Gasteiger partial charge in [-0.2, -0.15) is 5.10 Å². The number of nitrogens with two attached hydrogens (primary N) is 1. The smallest absolute Gasteiger partial charge is 0.273 e. The Hall–Kier alpha value is -2.07. The molecule has 0 atom stereocenters. The van der Waals surface area contributed by atoms with E-state index in [1.54, 1.807) is 13.8 Å². The topological polar surface area (TPSA) is 137 Å². The molecule has 19 heavy (non-hydrogen) atoms. The predicted octanol–water partition coefficient (Wildman–Crippen LogP) is -0.743. The van der Waals surface area contributed by atoms with Gasteiger partial charge < -0.3 is 0 Å². The molecule has 0 saturated carbocycles. The van der Waals surface area contributed by atoms with E-state index in [0.29, 0.717) is 5.69 Å². The van der Waals surface area contributed by atoms with E-state index in [1.807, 2.05) is 0 Å². The third-order valence-electron chi connectivity index (χ3n) is 2.34. The van der Waals surface area contributed by atoms with E-state index < -0.39 is 10.0 Å². The number of aromatic nitrogens is 5. The van der Waals surface area contributed by atoms with Gasteiger partial charge in [0.25, 0.3) is 20.7 Å². The molecular formula is C9H12N6O3S. The van der Waals surface area contributed by atoms with Crippen molar-refractivity contribution in [3.8, 4) is 11.5 Å². The maximum Gasteiger partial charge on any atom is 0.273 e. The average Bonchev–Trinajstić information content (AvgIpc) is 2.74. The maximum absolute atomic E-state index is 11.4. The van der Waals surface area contributed by atoms with Crippen molar-refractivity contribution in [2.75, 3.05) is 0 Å². The second-order valence-corrected chi connectivity index (χ2v) is 5.58. The first-order valence-electron chi connectivity index (χ1n) is 5.34. The predicted molar refractivity (Wildman–Crippen MR) is 65.6 cm³/mol. The molecule has 0 amide bonds. The van der Waals surface area contributed by atoms with Crippen LogP contribution in [0.4, 0.5) is 0 Å². The Morgan fingerprint density at radius 1 is 1.32 bits per heavy atom. The number of nitrogens with one attached hydrogen (secondary N) is 1. The zero-order valence-electron chi connectivity index (χ0n) is 10.2. The number of rotatable bonds is 3. The van der Waals surface area contributed by atoms with Crippen LogP contribution in [-0.4, -0.2) is 33.4 Å². The highest BCUT2D eigenvalue weighted by Crippen LogP contribution is 2.21. The number of H-pyrrole nitrogens is 1. The SMILES string of the molecule is CC(C)n1c(-c2ccc(=O)[nH]n2)nnc1S(N)(=O)=O. The highest BCUT2D eigenvalue weighted by atomic mass is 32.2. The van der Waals surface area contributed by atoms with E-state index in [9.17, 15) is 13.2 Å². The summed E-state index contributed by atoms with van der Waals surface area (Å²) in [5, 5.41) is 18.1. The fourth-order valence-corrected chi connectivity index (χ4v) is 2.31. The van der Waals surface area contributed by atoms with Gasteiger partial charge in [-0.1, -0.05) is 0 Å². The lowest BCUT2D eigenvalue weighted by Gasteiger charge is -2.11. The molecule has 2 aromatic heterocycles. The zero-order chi connectivity index (χ0) is 14.2. The lowest BCUT2D eigenvalue weighted by atomic mass is 10.3. The van der Waals surface area contributed by atoms with E-state index in [2.05, 4.69) is 20.4 Å². The minimum atomic E-state index is -3.98. The molecule has 0 aliphatic carbocycles. The molecule has 0 bridgehead atoms. The summed E-state index contributed by atoms with van der Waals surface area (Å²) in [5.41, 5.74) is -0.0678. The number of hydrogen-bond acceptors (Lipinski definition) is 6. The van der Waals surface area contributed by atoms with Gasteiger partial charge in [0.05, 0.1) is 0 Å². The molecule has 0 unspecified atom stereocenters. The molecule has 10 heteroatoms. The van der Waals surface area contributed by atoms with Crippen molar-refractivity contribution in [2.45, 2.75) is 25.0 Å². The second-order valence-electron chi connectivity index (χ2n) is 4.12. The van der Waals surface area contributed by atoms with Crippen molar-refractivity contribution < 1.29 is 8.42 Å². The highest BCUT2D eigenvalue weighted by Gasteiger charge is 2.24. The van der Waals surface area contributed by atoms with E-state index in [1.165, 1.54) is 16.7 Å². The van der Waals surface area contributed by atoms with Gasteiger partial charge in [0, 0.05) is 12.1 Å². The largest absolute Gasteiger partial charge is 0.293 e. The van der Waals surface area contributed by atoms with Crippen molar-refractivity contribution in [1.82, 2.24) is 25.0 Å². The molecule has 2 rings (SSSR count). The van der Waals surface area contributed by atoms with Crippen molar-refractivity contribution in [3.05, 3.63) is 22.5 Å². The first-order valence-corrected chi connectivity index (χ1v) is 6.89. The Kier molecular flexibility index (Phi) is 3.20.